The second-order valence-corrected chi connectivity index (χ2v) is 8.07. The van der Waals surface area contributed by atoms with Crippen LogP contribution in [-0.2, 0) is 0 Å². The van der Waals surface area contributed by atoms with E-state index in [-0.39, 0.29) is 5.56 Å². The van der Waals surface area contributed by atoms with Crippen LogP contribution in [0.1, 0.15) is 15.9 Å². The van der Waals surface area contributed by atoms with Gasteiger partial charge in [-0.15, -0.1) is 0 Å². The Morgan fingerprint density at radius 3 is 2.25 bits per heavy atom. The van der Waals surface area contributed by atoms with Crippen molar-refractivity contribution >= 4 is 27.9 Å². The van der Waals surface area contributed by atoms with Crippen LogP contribution in [0.5, 0.6) is 23.0 Å². The van der Waals surface area contributed by atoms with Crippen molar-refractivity contribution in [2.75, 3.05) is 21.3 Å². The zero-order valence-electron chi connectivity index (χ0n) is 20.0. The number of aryl methyl sites for hydroxylation is 1. The Bertz CT molecular complexity index is 1650. The lowest BCUT2D eigenvalue weighted by Crippen LogP contribution is -2.10. The Kier molecular flexibility index (Phi) is 5.85. The van der Waals surface area contributed by atoms with Gasteiger partial charge in [0.15, 0.2) is 11.3 Å². The smallest absolute Gasteiger partial charge is 0.343 e. The number of methoxy groups -OCH3 is 3. The molecule has 2 aromatic heterocycles. The highest BCUT2D eigenvalue weighted by Gasteiger charge is 2.19. The molecule has 2 heterocycles. The molecule has 0 spiro atoms. The molecule has 0 saturated heterocycles. The zero-order chi connectivity index (χ0) is 25.4. The maximum absolute atomic E-state index is 13.0. The molecule has 3 aromatic carbocycles. The van der Waals surface area contributed by atoms with E-state index in [0.29, 0.717) is 56.4 Å². The third-order valence-electron chi connectivity index (χ3n) is 5.82. The molecule has 5 aromatic rings. The van der Waals surface area contributed by atoms with Crippen LogP contribution in [0.2, 0.25) is 0 Å². The minimum Gasteiger partial charge on any atom is -0.497 e. The summed E-state index contributed by atoms with van der Waals surface area (Å²) in [5.74, 6) is 1.65. The number of carbonyl (C=O) groups excluding carboxylic acids is 1. The van der Waals surface area contributed by atoms with E-state index >= 15 is 0 Å². The number of hydrogen-bond acceptors (Lipinski definition) is 8. The molecule has 0 unspecified atom stereocenters. The zero-order valence-corrected chi connectivity index (χ0v) is 20.0. The van der Waals surface area contributed by atoms with Crippen LogP contribution in [0.15, 0.2) is 74.3 Å². The summed E-state index contributed by atoms with van der Waals surface area (Å²) in [7, 11) is 4.56. The van der Waals surface area contributed by atoms with Gasteiger partial charge in [-0.1, -0.05) is 12.1 Å². The summed E-state index contributed by atoms with van der Waals surface area (Å²) in [6.45, 7) is 1.76. The molecule has 0 radical (unpaired) electrons. The quantitative estimate of drug-likeness (QED) is 0.170. The standard InChI is InChI=1S/C28H22O8/c1-15-8-24-20(13-23(15)36-28(30)17-9-18(31-2)12-19(10-17)32-3)21(14-26(29)34-24)25-11-16-6-5-7-22(33-4)27(16)35-25/h5-14H,1-4H3. The molecule has 0 fully saturated rings. The molecule has 8 nitrogen and oxygen atoms in total. The van der Waals surface area contributed by atoms with Crippen LogP contribution in [-0.4, -0.2) is 27.3 Å². The first-order valence-electron chi connectivity index (χ1n) is 11.0. The van der Waals surface area contributed by atoms with E-state index in [1.807, 2.05) is 18.2 Å². The molecule has 0 aliphatic carbocycles. The summed E-state index contributed by atoms with van der Waals surface area (Å²) in [4.78, 5) is 25.4. The Morgan fingerprint density at radius 1 is 0.806 bits per heavy atom. The fraction of sp³-hybridized carbons (Fsp3) is 0.143. The van der Waals surface area contributed by atoms with Crippen molar-refractivity contribution in [3.05, 3.63) is 82.2 Å². The maximum atomic E-state index is 13.0. The molecular weight excluding hydrogens is 464 g/mol. The van der Waals surface area contributed by atoms with Crippen LogP contribution >= 0.6 is 0 Å². The minimum absolute atomic E-state index is 0.259. The summed E-state index contributed by atoms with van der Waals surface area (Å²) in [6.07, 6.45) is 0. The summed E-state index contributed by atoms with van der Waals surface area (Å²) in [5, 5.41) is 1.36. The normalized spacial score (nSPS) is 11.0. The van der Waals surface area contributed by atoms with Gasteiger partial charge in [0.2, 0.25) is 0 Å². The SMILES string of the molecule is COc1cc(OC)cc(C(=O)Oc2cc3c(-c4cc5cccc(OC)c5o4)cc(=O)oc3cc2C)c1. The Hall–Kier alpha value is -4.72. The van der Waals surface area contributed by atoms with E-state index in [1.54, 1.807) is 50.4 Å². The summed E-state index contributed by atoms with van der Waals surface area (Å²) in [6, 6.07) is 16.8. The first-order valence-corrected chi connectivity index (χ1v) is 11.0. The van der Waals surface area contributed by atoms with Gasteiger partial charge >= 0.3 is 11.6 Å². The van der Waals surface area contributed by atoms with Gasteiger partial charge in [0.1, 0.15) is 28.6 Å². The summed E-state index contributed by atoms with van der Waals surface area (Å²) in [5.41, 5.74) is 1.73. The topological polar surface area (TPSA) is 97.3 Å². The molecule has 0 saturated carbocycles. The highest BCUT2D eigenvalue weighted by Crippen LogP contribution is 2.37. The van der Waals surface area contributed by atoms with Crippen molar-refractivity contribution in [2.24, 2.45) is 0 Å². The third kappa shape index (κ3) is 4.13. The van der Waals surface area contributed by atoms with Crippen LogP contribution in [0.3, 0.4) is 0 Å². The number of rotatable bonds is 6. The number of esters is 1. The maximum Gasteiger partial charge on any atom is 0.343 e. The van der Waals surface area contributed by atoms with Gasteiger partial charge in [-0.25, -0.2) is 9.59 Å². The lowest BCUT2D eigenvalue weighted by atomic mass is 10.0. The molecule has 0 bridgehead atoms. The third-order valence-corrected chi connectivity index (χ3v) is 5.82. The van der Waals surface area contributed by atoms with Crippen molar-refractivity contribution < 1.29 is 32.6 Å². The van der Waals surface area contributed by atoms with E-state index in [2.05, 4.69) is 0 Å². The largest absolute Gasteiger partial charge is 0.497 e. The van der Waals surface area contributed by atoms with Gasteiger partial charge in [-0.05, 0) is 48.9 Å². The van der Waals surface area contributed by atoms with Crippen molar-refractivity contribution in [1.82, 2.24) is 0 Å². The predicted molar refractivity (Wildman–Crippen MR) is 133 cm³/mol. The fourth-order valence-electron chi connectivity index (χ4n) is 4.02. The molecule has 0 N–H and O–H groups in total. The van der Waals surface area contributed by atoms with E-state index < -0.39 is 11.6 Å². The van der Waals surface area contributed by atoms with E-state index in [0.717, 1.165) is 5.39 Å². The van der Waals surface area contributed by atoms with Gasteiger partial charge in [0, 0.05) is 28.5 Å². The second kappa shape index (κ2) is 9.14. The number of benzene rings is 3. The molecule has 36 heavy (non-hydrogen) atoms. The van der Waals surface area contributed by atoms with E-state index in [1.165, 1.54) is 20.3 Å². The van der Waals surface area contributed by atoms with Crippen LogP contribution in [0.4, 0.5) is 0 Å². The van der Waals surface area contributed by atoms with Crippen LogP contribution < -0.4 is 24.6 Å². The number of fused-ring (bicyclic) bond motifs is 2. The van der Waals surface area contributed by atoms with E-state index in [4.69, 9.17) is 27.8 Å². The Labute approximate surface area is 205 Å². The lowest BCUT2D eigenvalue weighted by molar-refractivity contribution is 0.0733. The number of furan rings is 1. The molecule has 0 aliphatic rings. The van der Waals surface area contributed by atoms with Crippen LogP contribution in [0, 0.1) is 6.92 Å². The monoisotopic (exact) mass is 486 g/mol. The average Bonchev–Trinajstić information content (AvgIpc) is 3.32. The summed E-state index contributed by atoms with van der Waals surface area (Å²) >= 11 is 0. The molecule has 8 heteroatoms. The highest BCUT2D eigenvalue weighted by atomic mass is 16.5. The molecule has 0 aliphatic heterocycles. The van der Waals surface area contributed by atoms with Gasteiger partial charge in [0.05, 0.1) is 26.9 Å². The number of carbonyl (C=O) groups is 1. The molecule has 182 valence electrons. The molecule has 5 rings (SSSR count). The minimum atomic E-state index is -0.595. The van der Waals surface area contributed by atoms with Gasteiger partial charge in [-0.2, -0.15) is 0 Å². The second-order valence-electron chi connectivity index (χ2n) is 8.07. The first kappa shape index (κ1) is 23.0. The highest BCUT2D eigenvalue weighted by molar-refractivity contribution is 5.98. The van der Waals surface area contributed by atoms with Crippen molar-refractivity contribution in [3.63, 3.8) is 0 Å². The Morgan fingerprint density at radius 2 is 1.56 bits per heavy atom. The van der Waals surface area contributed by atoms with Crippen molar-refractivity contribution in [2.45, 2.75) is 6.92 Å². The number of hydrogen-bond donors (Lipinski definition) is 0. The van der Waals surface area contributed by atoms with Crippen molar-refractivity contribution in [1.29, 1.82) is 0 Å². The Balaban J connectivity index is 1.61. The average molecular weight is 486 g/mol. The van der Waals surface area contributed by atoms with Gasteiger partial charge in [0.25, 0.3) is 0 Å². The number of ether oxygens (including phenoxy) is 4. The predicted octanol–water partition coefficient (Wildman–Crippen LogP) is 5.76. The van der Waals surface area contributed by atoms with Crippen LogP contribution in [0.25, 0.3) is 33.3 Å². The summed E-state index contributed by atoms with van der Waals surface area (Å²) < 4.78 is 33.1. The van der Waals surface area contributed by atoms with Gasteiger partial charge < -0.3 is 27.8 Å². The van der Waals surface area contributed by atoms with E-state index in [9.17, 15) is 9.59 Å². The first-order chi connectivity index (χ1) is 17.4. The molecule has 0 amide bonds. The van der Waals surface area contributed by atoms with Crippen molar-refractivity contribution in [3.8, 4) is 34.3 Å². The fourth-order valence-corrected chi connectivity index (χ4v) is 4.02. The lowest BCUT2D eigenvalue weighted by Gasteiger charge is -2.12. The number of para-hydroxylation sites is 1. The van der Waals surface area contributed by atoms with Gasteiger partial charge in [-0.3, -0.25) is 0 Å². The molecule has 0 atom stereocenters. The molecular formula is C28H22O8.